The van der Waals surface area contributed by atoms with E-state index in [-0.39, 0.29) is 11.5 Å². The smallest absolute Gasteiger partial charge is 0.420 e. The Hall–Kier alpha value is -3.14. The van der Waals surface area contributed by atoms with Crippen molar-refractivity contribution in [1.29, 1.82) is 0 Å². The zero-order valence-electron chi connectivity index (χ0n) is 14.8. The van der Waals surface area contributed by atoms with E-state index in [9.17, 15) is 21.6 Å². The average Bonchev–Trinajstić information content (AvgIpc) is 2.67. The predicted molar refractivity (Wildman–Crippen MR) is 101 cm³/mol. The van der Waals surface area contributed by atoms with Crippen LogP contribution in [0.25, 0.3) is 5.57 Å². The summed E-state index contributed by atoms with van der Waals surface area (Å²) < 4.78 is 72.2. The third-order valence-corrected chi connectivity index (χ3v) is 5.49. The Morgan fingerprint density at radius 3 is 2.59 bits per heavy atom. The van der Waals surface area contributed by atoms with Gasteiger partial charge in [0.25, 0.3) is 10.0 Å². The Kier molecular flexibility index (Phi) is 4.65. The van der Waals surface area contributed by atoms with E-state index in [2.05, 4.69) is 9.38 Å². The number of pyridine rings is 1. The van der Waals surface area contributed by atoms with E-state index in [1.165, 1.54) is 12.1 Å². The van der Waals surface area contributed by atoms with E-state index in [0.717, 1.165) is 18.5 Å². The molecule has 0 N–H and O–H groups in total. The lowest BCUT2D eigenvalue weighted by atomic mass is 10.0. The van der Waals surface area contributed by atoms with Crippen LogP contribution in [-0.2, 0) is 16.2 Å². The van der Waals surface area contributed by atoms with Crippen molar-refractivity contribution in [1.82, 2.24) is 9.88 Å². The van der Waals surface area contributed by atoms with Crippen molar-refractivity contribution < 1.29 is 26.3 Å². The Bertz CT molecular complexity index is 1140. The van der Waals surface area contributed by atoms with Crippen molar-refractivity contribution in [3.05, 3.63) is 72.2 Å². The number of aromatic nitrogens is 1. The van der Waals surface area contributed by atoms with Gasteiger partial charge in [0.1, 0.15) is 11.3 Å². The number of rotatable bonds is 3. The molecule has 0 bridgehead atoms. The number of hydrogen-bond acceptors (Lipinski definition) is 5. The molecule has 4 rings (SSSR count). The first-order valence-electron chi connectivity index (χ1n) is 8.51. The van der Waals surface area contributed by atoms with Crippen LogP contribution in [0.4, 0.5) is 13.2 Å². The Labute approximate surface area is 164 Å². The molecule has 3 heterocycles. The number of allylic oxidation sites excluding steroid dienone is 2. The van der Waals surface area contributed by atoms with Crippen molar-refractivity contribution in [3.8, 4) is 11.5 Å². The summed E-state index contributed by atoms with van der Waals surface area (Å²) in [4.78, 5) is 5.43. The second-order valence-corrected chi connectivity index (χ2v) is 8.07. The van der Waals surface area contributed by atoms with Crippen LogP contribution in [0.3, 0.4) is 0 Å². The van der Waals surface area contributed by atoms with Gasteiger partial charge in [-0.1, -0.05) is 12.1 Å². The van der Waals surface area contributed by atoms with Gasteiger partial charge in [0.2, 0.25) is 0 Å². The summed E-state index contributed by atoms with van der Waals surface area (Å²) >= 11 is 0. The first-order valence-corrected chi connectivity index (χ1v) is 10.1. The van der Waals surface area contributed by atoms with Gasteiger partial charge >= 0.3 is 6.18 Å². The second kappa shape index (κ2) is 7.03. The molecule has 6 nitrogen and oxygen atoms in total. The molecule has 2 aliphatic rings. The standard InChI is InChI=1S/C19H14F3N3O3S/c20-19(21,22)16-7-8-23-12-17(16)28-14-5-3-13(4-6-14)15-2-1-9-25-10-11-29(26,27)24-18(15)25/h1-9,12H,10-11H2. The molecule has 1 aromatic carbocycles. The SMILES string of the molecule is O=S1(=O)CCN2C=CC=C(c3ccc(Oc4cnccc4C(F)(F)F)cc3)C2=N1. The van der Waals surface area contributed by atoms with Crippen LogP contribution in [-0.4, -0.2) is 36.4 Å². The van der Waals surface area contributed by atoms with Gasteiger partial charge in [-0.3, -0.25) is 4.98 Å². The van der Waals surface area contributed by atoms with Gasteiger partial charge in [-0.2, -0.15) is 13.2 Å². The number of benzene rings is 1. The highest BCUT2D eigenvalue weighted by molar-refractivity contribution is 7.90. The third-order valence-electron chi connectivity index (χ3n) is 4.34. The van der Waals surface area contributed by atoms with Gasteiger partial charge in [-0.05, 0) is 35.9 Å². The van der Waals surface area contributed by atoms with Crippen LogP contribution in [0.5, 0.6) is 11.5 Å². The number of sulfonamides is 1. The molecule has 0 unspecified atom stereocenters. The second-order valence-electron chi connectivity index (χ2n) is 6.31. The molecule has 2 aliphatic heterocycles. The van der Waals surface area contributed by atoms with E-state index in [1.54, 1.807) is 35.4 Å². The minimum absolute atomic E-state index is 0.0620. The van der Waals surface area contributed by atoms with Crippen LogP contribution in [0.15, 0.2) is 65.5 Å². The van der Waals surface area contributed by atoms with Crippen molar-refractivity contribution in [2.45, 2.75) is 6.18 Å². The fourth-order valence-corrected chi connectivity index (χ4v) is 3.95. The predicted octanol–water partition coefficient (Wildman–Crippen LogP) is 3.85. The zero-order chi connectivity index (χ0) is 20.6. The third kappa shape index (κ3) is 4.02. The maximum Gasteiger partial charge on any atom is 0.420 e. The first kappa shape index (κ1) is 19.2. The zero-order valence-corrected chi connectivity index (χ0v) is 15.6. The molecule has 10 heteroatoms. The van der Waals surface area contributed by atoms with Crippen LogP contribution in [0, 0.1) is 0 Å². The normalized spacial score (nSPS) is 18.0. The van der Waals surface area contributed by atoms with Gasteiger partial charge < -0.3 is 9.64 Å². The Morgan fingerprint density at radius 1 is 1.10 bits per heavy atom. The molecule has 0 aliphatic carbocycles. The van der Waals surface area contributed by atoms with Crippen molar-refractivity contribution in [2.75, 3.05) is 12.3 Å². The molecule has 0 fully saturated rings. The maximum atomic E-state index is 13.1. The van der Waals surface area contributed by atoms with Gasteiger partial charge in [0.15, 0.2) is 11.6 Å². The lowest BCUT2D eigenvalue weighted by Gasteiger charge is -2.29. The number of hydrogen-bond donors (Lipinski definition) is 0. The molecule has 0 atom stereocenters. The highest BCUT2D eigenvalue weighted by atomic mass is 32.2. The van der Waals surface area contributed by atoms with Crippen LogP contribution >= 0.6 is 0 Å². The van der Waals surface area contributed by atoms with Crippen molar-refractivity contribution in [3.63, 3.8) is 0 Å². The monoisotopic (exact) mass is 421 g/mol. The van der Waals surface area contributed by atoms with E-state index >= 15 is 0 Å². The molecule has 0 radical (unpaired) electrons. The summed E-state index contributed by atoms with van der Waals surface area (Å²) in [5.41, 5.74) is 0.332. The molecular weight excluding hydrogens is 407 g/mol. The fraction of sp³-hybridized carbons (Fsp3) is 0.158. The lowest BCUT2D eigenvalue weighted by Crippen LogP contribution is -2.37. The lowest BCUT2D eigenvalue weighted by molar-refractivity contribution is -0.138. The first-order chi connectivity index (χ1) is 13.7. The fourth-order valence-electron chi connectivity index (χ4n) is 2.97. The van der Waals surface area contributed by atoms with Gasteiger partial charge in [0, 0.05) is 24.5 Å². The molecule has 29 heavy (non-hydrogen) atoms. The van der Waals surface area contributed by atoms with Gasteiger partial charge in [0.05, 0.1) is 11.9 Å². The largest absolute Gasteiger partial charge is 0.455 e. The van der Waals surface area contributed by atoms with Crippen LogP contribution < -0.4 is 4.74 Å². The highest BCUT2D eigenvalue weighted by Crippen LogP contribution is 2.37. The molecular formula is C19H14F3N3O3S. The van der Waals surface area contributed by atoms with E-state index in [1.807, 2.05) is 0 Å². The number of amidine groups is 1. The molecule has 0 saturated carbocycles. The van der Waals surface area contributed by atoms with Gasteiger partial charge in [-0.25, -0.2) is 8.42 Å². The van der Waals surface area contributed by atoms with E-state index in [4.69, 9.17) is 4.74 Å². The van der Waals surface area contributed by atoms with Crippen molar-refractivity contribution in [2.24, 2.45) is 4.40 Å². The number of halogens is 3. The quantitative estimate of drug-likeness (QED) is 0.753. The minimum Gasteiger partial charge on any atom is -0.455 e. The average molecular weight is 421 g/mol. The van der Waals surface area contributed by atoms with Crippen molar-refractivity contribution >= 4 is 21.4 Å². The summed E-state index contributed by atoms with van der Waals surface area (Å²) in [7, 11) is -3.53. The maximum absolute atomic E-state index is 13.1. The summed E-state index contributed by atoms with van der Waals surface area (Å²) in [6.45, 7) is 0.303. The van der Waals surface area contributed by atoms with Crippen LogP contribution in [0.2, 0.25) is 0 Å². The summed E-state index contributed by atoms with van der Waals surface area (Å²) in [5, 5.41) is 0. The number of fused-ring (bicyclic) bond motifs is 1. The topological polar surface area (TPSA) is 71.9 Å². The molecule has 2 aromatic rings. The highest BCUT2D eigenvalue weighted by Gasteiger charge is 2.34. The summed E-state index contributed by atoms with van der Waals surface area (Å²) in [5.74, 6) is 0.0443. The van der Waals surface area contributed by atoms with E-state index < -0.39 is 27.5 Å². The number of nitrogens with zero attached hydrogens (tertiary/aromatic N) is 3. The number of alkyl halides is 3. The molecule has 0 spiro atoms. The Balaban J connectivity index is 1.62. The molecule has 1 aromatic heterocycles. The minimum atomic E-state index is -4.56. The van der Waals surface area contributed by atoms with Gasteiger partial charge in [-0.15, -0.1) is 4.40 Å². The molecule has 150 valence electrons. The summed E-state index contributed by atoms with van der Waals surface area (Å²) in [6, 6.07) is 7.12. The summed E-state index contributed by atoms with van der Waals surface area (Å²) in [6.07, 6.45) is 2.75. The van der Waals surface area contributed by atoms with Crippen LogP contribution in [0.1, 0.15) is 11.1 Å². The Morgan fingerprint density at radius 2 is 1.86 bits per heavy atom. The molecule has 0 saturated heterocycles. The number of ether oxygens (including phenoxy) is 1. The van der Waals surface area contributed by atoms with E-state index in [0.29, 0.717) is 23.5 Å². The molecule has 0 amide bonds.